The first-order valence-corrected chi connectivity index (χ1v) is 6.57. The Morgan fingerprint density at radius 3 is 2.38 bits per heavy atom. The van der Waals surface area contributed by atoms with Gasteiger partial charge < -0.3 is 11.1 Å². The molecule has 1 atom stereocenters. The summed E-state index contributed by atoms with van der Waals surface area (Å²) in [4.78, 5) is 11.1. The van der Waals surface area contributed by atoms with Gasteiger partial charge in [-0.25, -0.2) is 8.78 Å². The van der Waals surface area contributed by atoms with E-state index in [0.717, 1.165) is 11.6 Å². The average molecular weight is 311 g/mol. The molecule has 0 fully saturated rings. The van der Waals surface area contributed by atoms with Gasteiger partial charge in [0.2, 0.25) is 0 Å². The lowest BCUT2D eigenvalue weighted by atomic mass is 10.1. The Morgan fingerprint density at radius 1 is 1.19 bits per heavy atom. The molecule has 1 amide bonds. The molecule has 3 nitrogen and oxygen atoms in total. The minimum Gasteiger partial charge on any atom is -0.376 e. The molecule has 0 saturated heterocycles. The first kappa shape index (κ1) is 15.3. The maximum absolute atomic E-state index is 13.8. The summed E-state index contributed by atoms with van der Waals surface area (Å²) in [5.41, 5.74) is 5.56. The fourth-order valence-corrected chi connectivity index (χ4v) is 2.04. The number of primary amides is 1. The predicted molar refractivity (Wildman–Crippen MR) is 78.4 cm³/mol. The summed E-state index contributed by atoms with van der Waals surface area (Å²) < 4.78 is 27.2. The van der Waals surface area contributed by atoms with Crippen molar-refractivity contribution in [1.82, 2.24) is 0 Å². The van der Waals surface area contributed by atoms with Gasteiger partial charge in [-0.3, -0.25) is 4.79 Å². The van der Waals surface area contributed by atoms with Crippen molar-refractivity contribution in [3.8, 4) is 0 Å². The highest BCUT2D eigenvalue weighted by molar-refractivity contribution is 6.30. The number of amides is 1. The van der Waals surface area contributed by atoms with Crippen molar-refractivity contribution in [1.29, 1.82) is 0 Å². The molecule has 2 aromatic rings. The molecule has 0 saturated carbocycles. The first-order chi connectivity index (χ1) is 9.88. The smallest absolute Gasteiger partial charge is 0.251 e. The monoisotopic (exact) mass is 310 g/mol. The van der Waals surface area contributed by atoms with E-state index in [-0.39, 0.29) is 17.3 Å². The zero-order valence-corrected chi connectivity index (χ0v) is 11.9. The molecule has 0 spiro atoms. The molecule has 0 heterocycles. The van der Waals surface area contributed by atoms with E-state index >= 15 is 0 Å². The van der Waals surface area contributed by atoms with Crippen LogP contribution in [-0.4, -0.2) is 5.91 Å². The van der Waals surface area contributed by atoms with Crippen LogP contribution in [0.1, 0.15) is 28.9 Å². The maximum Gasteiger partial charge on any atom is 0.251 e. The predicted octanol–water partition coefficient (Wildman–Crippen LogP) is 3.89. The highest BCUT2D eigenvalue weighted by atomic mass is 35.5. The molecule has 2 rings (SSSR count). The number of benzene rings is 2. The molecule has 0 aliphatic heterocycles. The molecule has 1 unspecified atom stereocenters. The van der Waals surface area contributed by atoms with Crippen molar-refractivity contribution in [2.75, 3.05) is 5.32 Å². The first-order valence-electron chi connectivity index (χ1n) is 6.19. The lowest BCUT2D eigenvalue weighted by molar-refractivity contribution is 0.0996. The standard InChI is InChI=1S/C15H13ClF2N2O/c1-8(9-2-4-10(16)5-3-9)20-14-6-11(15(19)21)12(17)7-13(14)18/h2-8,20H,1H3,(H2,19,21). The molecular formula is C15H13ClF2N2O. The van der Waals surface area contributed by atoms with E-state index in [2.05, 4.69) is 5.32 Å². The van der Waals surface area contributed by atoms with Crippen molar-refractivity contribution in [3.05, 3.63) is 64.2 Å². The Bertz CT molecular complexity index is 674. The molecular weight excluding hydrogens is 298 g/mol. The largest absolute Gasteiger partial charge is 0.376 e. The summed E-state index contributed by atoms with van der Waals surface area (Å²) in [5.74, 6) is -2.72. The molecule has 21 heavy (non-hydrogen) atoms. The molecule has 6 heteroatoms. The second-order valence-electron chi connectivity index (χ2n) is 4.59. The summed E-state index contributed by atoms with van der Waals surface area (Å²) in [7, 11) is 0. The molecule has 110 valence electrons. The van der Waals surface area contributed by atoms with Gasteiger partial charge in [-0.2, -0.15) is 0 Å². The Labute approximate surface area is 125 Å². The maximum atomic E-state index is 13.8. The van der Waals surface area contributed by atoms with Crippen molar-refractivity contribution >= 4 is 23.2 Å². The molecule has 0 bridgehead atoms. The number of hydrogen-bond acceptors (Lipinski definition) is 2. The summed E-state index contributed by atoms with van der Waals surface area (Å²) in [6.07, 6.45) is 0. The third-order valence-electron chi connectivity index (χ3n) is 3.06. The molecule has 0 aliphatic carbocycles. The minimum absolute atomic E-state index is 0.00708. The zero-order chi connectivity index (χ0) is 15.6. The molecule has 2 aromatic carbocycles. The third kappa shape index (κ3) is 3.49. The van der Waals surface area contributed by atoms with Gasteiger partial charge in [0.1, 0.15) is 11.6 Å². The van der Waals surface area contributed by atoms with Gasteiger partial charge in [-0.05, 0) is 30.7 Å². The Kier molecular flexibility index (Phi) is 4.43. The van der Waals surface area contributed by atoms with Gasteiger partial charge in [0.05, 0.1) is 11.3 Å². The van der Waals surface area contributed by atoms with E-state index in [1.165, 1.54) is 0 Å². The number of rotatable bonds is 4. The van der Waals surface area contributed by atoms with E-state index < -0.39 is 17.5 Å². The highest BCUT2D eigenvalue weighted by Gasteiger charge is 2.15. The van der Waals surface area contributed by atoms with Crippen LogP contribution in [-0.2, 0) is 0 Å². The van der Waals surface area contributed by atoms with Crippen molar-refractivity contribution in [2.24, 2.45) is 5.73 Å². The van der Waals surface area contributed by atoms with E-state index in [1.807, 2.05) is 0 Å². The van der Waals surface area contributed by atoms with Gasteiger partial charge in [0.25, 0.3) is 5.91 Å². The summed E-state index contributed by atoms with van der Waals surface area (Å²) in [6, 6.07) is 8.45. The average Bonchev–Trinajstić information content (AvgIpc) is 2.42. The van der Waals surface area contributed by atoms with E-state index in [1.54, 1.807) is 31.2 Å². The van der Waals surface area contributed by atoms with Crippen LogP contribution in [0.3, 0.4) is 0 Å². The zero-order valence-electron chi connectivity index (χ0n) is 11.2. The van der Waals surface area contributed by atoms with Crippen molar-refractivity contribution in [3.63, 3.8) is 0 Å². The Morgan fingerprint density at radius 2 is 1.81 bits per heavy atom. The SMILES string of the molecule is CC(Nc1cc(C(N)=O)c(F)cc1F)c1ccc(Cl)cc1. The van der Waals surface area contributed by atoms with Crippen LogP contribution < -0.4 is 11.1 Å². The van der Waals surface area contributed by atoms with Crippen LogP contribution in [0.5, 0.6) is 0 Å². The van der Waals surface area contributed by atoms with Gasteiger partial charge in [0.15, 0.2) is 0 Å². The number of anilines is 1. The number of nitrogens with two attached hydrogens (primary N) is 1. The Balaban J connectivity index is 2.28. The Hall–Kier alpha value is -2.14. The fraction of sp³-hybridized carbons (Fsp3) is 0.133. The van der Waals surface area contributed by atoms with E-state index in [9.17, 15) is 13.6 Å². The summed E-state index contributed by atoms with van der Waals surface area (Å²) in [6.45, 7) is 1.80. The topological polar surface area (TPSA) is 55.1 Å². The van der Waals surface area contributed by atoms with Gasteiger partial charge >= 0.3 is 0 Å². The van der Waals surface area contributed by atoms with E-state index in [4.69, 9.17) is 17.3 Å². The number of hydrogen-bond donors (Lipinski definition) is 2. The molecule has 0 radical (unpaired) electrons. The lowest BCUT2D eigenvalue weighted by Crippen LogP contribution is -2.15. The van der Waals surface area contributed by atoms with Crippen LogP contribution in [0.15, 0.2) is 36.4 Å². The van der Waals surface area contributed by atoms with Gasteiger partial charge in [-0.1, -0.05) is 23.7 Å². The van der Waals surface area contributed by atoms with Crippen molar-refractivity contribution in [2.45, 2.75) is 13.0 Å². The second-order valence-corrected chi connectivity index (χ2v) is 5.03. The molecule has 0 aromatic heterocycles. The molecule has 3 N–H and O–H groups in total. The lowest BCUT2D eigenvalue weighted by Gasteiger charge is -2.17. The van der Waals surface area contributed by atoms with Crippen LogP contribution in [0.4, 0.5) is 14.5 Å². The highest BCUT2D eigenvalue weighted by Crippen LogP contribution is 2.25. The summed E-state index contributed by atoms with van der Waals surface area (Å²) >= 11 is 5.80. The quantitative estimate of drug-likeness (QED) is 0.900. The number of carbonyl (C=O) groups excluding carboxylic acids is 1. The number of halogens is 3. The van der Waals surface area contributed by atoms with Crippen LogP contribution in [0.25, 0.3) is 0 Å². The second kappa shape index (κ2) is 6.10. The minimum atomic E-state index is -0.982. The normalized spacial score (nSPS) is 12.0. The third-order valence-corrected chi connectivity index (χ3v) is 3.32. The van der Waals surface area contributed by atoms with Crippen molar-refractivity contribution < 1.29 is 13.6 Å². The van der Waals surface area contributed by atoms with Crippen LogP contribution in [0.2, 0.25) is 5.02 Å². The summed E-state index contributed by atoms with van der Waals surface area (Å²) in [5, 5.41) is 3.47. The fourth-order valence-electron chi connectivity index (χ4n) is 1.92. The van der Waals surface area contributed by atoms with E-state index in [0.29, 0.717) is 11.1 Å². The van der Waals surface area contributed by atoms with Crippen LogP contribution >= 0.6 is 11.6 Å². The molecule has 0 aliphatic rings. The van der Waals surface area contributed by atoms with Gasteiger partial charge in [0, 0.05) is 17.1 Å². The van der Waals surface area contributed by atoms with Crippen LogP contribution in [0, 0.1) is 11.6 Å². The van der Waals surface area contributed by atoms with Gasteiger partial charge in [-0.15, -0.1) is 0 Å². The number of nitrogens with one attached hydrogen (secondary N) is 1. The number of carbonyl (C=O) groups is 1.